The molecule has 2 heterocycles. The highest BCUT2D eigenvalue weighted by atomic mass is 33.1. The molecule has 3 heteroatoms. The fourth-order valence-electron chi connectivity index (χ4n) is 2.18. The van der Waals surface area contributed by atoms with Crippen LogP contribution in [0.4, 0.5) is 0 Å². The summed E-state index contributed by atoms with van der Waals surface area (Å²) in [6, 6.07) is 0. The highest BCUT2D eigenvalue weighted by Gasteiger charge is 2.55. The first kappa shape index (κ1) is 17.1. The summed E-state index contributed by atoms with van der Waals surface area (Å²) >= 11 is 0. The van der Waals surface area contributed by atoms with Crippen LogP contribution in [0.1, 0.15) is 41.5 Å². The predicted molar refractivity (Wildman–Crippen MR) is 85.5 cm³/mol. The summed E-state index contributed by atoms with van der Waals surface area (Å²) in [5, 5.41) is 4.34. The summed E-state index contributed by atoms with van der Waals surface area (Å²) < 4.78 is 0. The second kappa shape index (κ2) is 6.35. The zero-order valence-electron chi connectivity index (χ0n) is 12.1. The van der Waals surface area contributed by atoms with Crippen molar-refractivity contribution in [1.29, 1.82) is 0 Å². The Bertz CT molecular complexity index is 262. The van der Waals surface area contributed by atoms with Crippen molar-refractivity contribution >= 4 is 21.6 Å². The lowest BCUT2D eigenvalue weighted by Crippen LogP contribution is -2.67. The van der Waals surface area contributed by atoms with Crippen LogP contribution in [0.2, 0.25) is 0 Å². The molecule has 2 aliphatic heterocycles. The van der Waals surface area contributed by atoms with E-state index in [4.69, 9.17) is 0 Å². The van der Waals surface area contributed by atoms with Crippen LogP contribution >= 0.6 is 21.6 Å². The van der Waals surface area contributed by atoms with Crippen molar-refractivity contribution in [2.75, 3.05) is 0 Å². The smallest absolute Gasteiger partial charge is 0.0890 e. The van der Waals surface area contributed by atoms with Crippen molar-refractivity contribution in [3.8, 4) is 0 Å². The summed E-state index contributed by atoms with van der Waals surface area (Å²) in [6.45, 7) is 23.4. The van der Waals surface area contributed by atoms with Gasteiger partial charge in [0.05, 0.1) is 10.1 Å². The Labute approximate surface area is 115 Å². The van der Waals surface area contributed by atoms with E-state index in [9.17, 15) is 0 Å². The zero-order chi connectivity index (χ0) is 13.9. The van der Waals surface area contributed by atoms with Crippen LogP contribution in [-0.2, 0) is 0 Å². The van der Waals surface area contributed by atoms with E-state index in [0.29, 0.717) is 11.2 Å². The van der Waals surface area contributed by atoms with Gasteiger partial charge >= 0.3 is 0 Å². The van der Waals surface area contributed by atoms with Crippen molar-refractivity contribution < 1.29 is 0 Å². The Hall–Kier alpha value is 0.140. The molecule has 0 amide bonds. The third-order valence-electron chi connectivity index (χ3n) is 3.36. The van der Waals surface area contributed by atoms with Gasteiger partial charge in [0.25, 0.3) is 0 Å². The first-order valence-corrected chi connectivity index (χ1v) is 8.41. The van der Waals surface area contributed by atoms with Crippen LogP contribution in [-0.4, -0.2) is 15.7 Å². The van der Waals surface area contributed by atoms with Gasteiger partial charge in [0.2, 0.25) is 0 Å². The van der Waals surface area contributed by atoms with E-state index in [2.05, 4.69) is 52.7 Å². The van der Waals surface area contributed by atoms with E-state index < -0.39 is 0 Å². The maximum atomic E-state index is 4.24. The third kappa shape index (κ3) is 3.12. The lowest BCUT2D eigenvalue weighted by Gasteiger charge is -2.58. The fourth-order valence-corrected chi connectivity index (χ4v) is 5.44. The average molecular weight is 274 g/mol. The number of hydrogen-bond acceptors (Lipinski definition) is 3. The molecular formula is C14H27NS2. The summed E-state index contributed by atoms with van der Waals surface area (Å²) in [5.74, 6) is 0.568. The largest absolute Gasteiger partial charge is 0.295 e. The molecular weight excluding hydrogens is 246 g/mol. The number of piperidine rings is 1. The SMILES string of the molecule is C=C.C=C1C(C)C(C)(C)NC2(C)SSC12.CC. The van der Waals surface area contributed by atoms with Crippen molar-refractivity contribution in [2.45, 2.75) is 57.2 Å². The van der Waals surface area contributed by atoms with E-state index in [1.807, 2.05) is 35.4 Å². The average Bonchev–Trinajstić information content (AvgIpc) is 2.30. The molecule has 0 aromatic carbocycles. The number of rotatable bonds is 0. The Morgan fingerprint density at radius 3 is 2.00 bits per heavy atom. The van der Waals surface area contributed by atoms with Crippen LogP contribution in [0.5, 0.6) is 0 Å². The molecule has 0 saturated carbocycles. The first-order chi connectivity index (χ1) is 7.87. The number of hydrogen-bond donors (Lipinski definition) is 1. The molecule has 0 aromatic rings. The summed E-state index contributed by atoms with van der Waals surface area (Å²) in [5.41, 5.74) is 1.60. The van der Waals surface area contributed by atoms with Gasteiger partial charge in [-0.2, -0.15) is 0 Å². The van der Waals surface area contributed by atoms with Gasteiger partial charge < -0.3 is 0 Å². The molecule has 0 aliphatic carbocycles. The van der Waals surface area contributed by atoms with Crippen molar-refractivity contribution in [3.63, 3.8) is 0 Å². The van der Waals surface area contributed by atoms with Crippen molar-refractivity contribution in [2.24, 2.45) is 5.92 Å². The minimum absolute atomic E-state index is 0.191. The topological polar surface area (TPSA) is 12.0 Å². The van der Waals surface area contributed by atoms with Crippen molar-refractivity contribution in [3.05, 3.63) is 25.3 Å². The normalized spacial score (nSPS) is 37.4. The second-order valence-corrected chi connectivity index (χ2v) is 7.57. The number of fused-ring (bicyclic) bond motifs is 1. The molecule has 0 radical (unpaired) electrons. The van der Waals surface area contributed by atoms with Gasteiger partial charge in [-0.15, -0.1) is 13.2 Å². The maximum absolute atomic E-state index is 4.24. The van der Waals surface area contributed by atoms with E-state index in [0.717, 1.165) is 0 Å². The minimum atomic E-state index is 0.191. The van der Waals surface area contributed by atoms with Gasteiger partial charge in [-0.05, 0) is 26.7 Å². The fraction of sp³-hybridized carbons (Fsp3) is 0.714. The van der Waals surface area contributed by atoms with Crippen molar-refractivity contribution in [1.82, 2.24) is 5.32 Å². The molecule has 100 valence electrons. The predicted octanol–water partition coefficient (Wildman–Crippen LogP) is 4.87. The summed E-state index contributed by atoms with van der Waals surface area (Å²) in [7, 11) is 3.90. The molecule has 2 saturated heterocycles. The highest BCUT2D eigenvalue weighted by Crippen LogP contribution is 2.61. The molecule has 1 N–H and O–H groups in total. The van der Waals surface area contributed by atoms with Crippen LogP contribution in [0.25, 0.3) is 0 Å². The summed E-state index contributed by atoms with van der Waals surface area (Å²) in [6.07, 6.45) is 0. The van der Waals surface area contributed by atoms with Gasteiger partial charge in [0, 0.05) is 5.54 Å². The van der Waals surface area contributed by atoms with Gasteiger partial charge in [-0.1, -0.05) is 54.5 Å². The van der Waals surface area contributed by atoms with Gasteiger partial charge in [-0.3, -0.25) is 5.32 Å². The van der Waals surface area contributed by atoms with E-state index in [1.54, 1.807) is 0 Å². The van der Waals surface area contributed by atoms with E-state index in [1.165, 1.54) is 5.57 Å². The molecule has 0 spiro atoms. The Morgan fingerprint density at radius 2 is 1.65 bits per heavy atom. The first-order valence-electron chi connectivity index (χ1n) is 6.19. The molecule has 17 heavy (non-hydrogen) atoms. The van der Waals surface area contributed by atoms with E-state index >= 15 is 0 Å². The minimum Gasteiger partial charge on any atom is -0.295 e. The quantitative estimate of drug-likeness (QED) is 0.499. The standard InChI is InChI=1S/C10H17NS2.C2H6.C2H4/c1-6-7(2)9(3,4)11-10(5)8(6)12-13-10;2*1-2/h7-8,11H,1H2,2-5H3;1-2H3;1-2H2. The molecule has 0 aromatic heterocycles. The third-order valence-corrected chi connectivity index (χ3v) is 7.16. The van der Waals surface area contributed by atoms with Crippen LogP contribution < -0.4 is 5.32 Å². The van der Waals surface area contributed by atoms with Crippen LogP contribution in [0.3, 0.4) is 0 Å². The molecule has 2 fully saturated rings. The lowest BCUT2D eigenvalue weighted by molar-refractivity contribution is 0.216. The lowest BCUT2D eigenvalue weighted by atomic mass is 9.76. The molecule has 3 unspecified atom stereocenters. The monoisotopic (exact) mass is 273 g/mol. The zero-order valence-corrected chi connectivity index (χ0v) is 13.7. The molecule has 1 nitrogen and oxygen atoms in total. The Morgan fingerprint density at radius 1 is 1.18 bits per heavy atom. The molecule has 2 rings (SSSR count). The second-order valence-electron chi connectivity index (χ2n) is 4.81. The van der Waals surface area contributed by atoms with E-state index in [-0.39, 0.29) is 10.4 Å². The Kier molecular flexibility index (Phi) is 6.40. The Balaban J connectivity index is 0.000000581. The van der Waals surface area contributed by atoms with Gasteiger partial charge in [0.15, 0.2) is 0 Å². The van der Waals surface area contributed by atoms with Crippen LogP contribution in [0, 0.1) is 5.92 Å². The summed E-state index contributed by atoms with van der Waals surface area (Å²) in [4.78, 5) is 0.234. The highest BCUT2D eigenvalue weighted by molar-refractivity contribution is 8.80. The molecule has 2 aliphatic rings. The maximum Gasteiger partial charge on any atom is 0.0890 e. The molecule has 0 bridgehead atoms. The van der Waals surface area contributed by atoms with Gasteiger partial charge in [-0.25, -0.2) is 0 Å². The number of nitrogens with one attached hydrogen (secondary N) is 1. The van der Waals surface area contributed by atoms with Gasteiger partial charge in [0.1, 0.15) is 0 Å². The van der Waals surface area contributed by atoms with Crippen LogP contribution in [0.15, 0.2) is 25.3 Å². The molecule has 3 atom stereocenters.